The van der Waals surface area contributed by atoms with Crippen molar-refractivity contribution in [3.8, 4) is 0 Å². The Bertz CT molecular complexity index is 874. The molecule has 0 fully saturated rings. The number of fused-ring (bicyclic) bond motifs is 1. The van der Waals surface area contributed by atoms with Crippen molar-refractivity contribution in [1.82, 2.24) is 10.2 Å². The lowest BCUT2D eigenvalue weighted by molar-refractivity contribution is -0.122. The molecule has 6 nitrogen and oxygen atoms in total. The third-order valence-corrected chi connectivity index (χ3v) is 4.76. The molecule has 1 aliphatic rings. The molecule has 0 radical (unpaired) electrons. The molecule has 0 aromatic heterocycles. The average Bonchev–Trinajstić information content (AvgIpc) is 2.92. The van der Waals surface area contributed by atoms with Crippen LogP contribution in [0.1, 0.15) is 46.0 Å². The van der Waals surface area contributed by atoms with E-state index in [-0.39, 0.29) is 37.2 Å². The summed E-state index contributed by atoms with van der Waals surface area (Å²) >= 11 is 0. The molecule has 2 aromatic carbocycles. The van der Waals surface area contributed by atoms with Crippen molar-refractivity contribution < 1.29 is 23.9 Å². The Balaban J connectivity index is 1.47. The van der Waals surface area contributed by atoms with Crippen LogP contribution < -0.4 is 5.32 Å². The molecule has 3 rings (SSSR count). The molecule has 0 saturated carbocycles. The Kier molecular flexibility index (Phi) is 5.56. The monoisotopic (exact) mass is 384 g/mol. The Morgan fingerprint density at radius 3 is 2.21 bits per heavy atom. The average molecular weight is 384 g/mol. The standard InChI is InChI=1S/C21H21FN2O4/c1-21(28,14-8-10-15(22)11-9-14)13-23-18(25)7-4-12-24-19(26)16-5-2-3-6-17(16)20(24)27/h2-3,5-6,8-11,28H,4,7,12-13H2,1H3,(H,23,25). The summed E-state index contributed by atoms with van der Waals surface area (Å²) in [7, 11) is 0. The fourth-order valence-electron chi connectivity index (χ4n) is 3.11. The van der Waals surface area contributed by atoms with Crippen LogP contribution in [0.3, 0.4) is 0 Å². The number of imide groups is 1. The zero-order chi connectivity index (χ0) is 20.3. The van der Waals surface area contributed by atoms with Gasteiger partial charge in [-0.3, -0.25) is 19.3 Å². The van der Waals surface area contributed by atoms with Crippen LogP contribution in [0.5, 0.6) is 0 Å². The number of amides is 3. The van der Waals surface area contributed by atoms with Crippen LogP contribution in [0.15, 0.2) is 48.5 Å². The molecule has 0 aliphatic carbocycles. The predicted octanol–water partition coefficient (Wildman–Crippen LogP) is 2.23. The van der Waals surface area contributed by atoms with Crippen molar-refractivity contribution >= 4 is 17.7 Å². The Morgan fingerprint density at radius 1 is 1.07 bits per heavy atom. The largest absolute Gasteiger partial charge is 0.384 e. The first-order valence-corrected chi connectivity index (χ1v) is 9.00. The van der Waals surface area contributed by atoms with E-state index in [2.05, 4.69) is 5.32 Å². The summed E-state index contributed by atoms with van der Waals surface area (Å²) in [5, 5.41) is 13.1. The van der Waals surface area contributed by atoms with Gasteiger partial charge in [0, 0.05) is 13.0 Å². The van der Waals surface area contributed by atoms with Crippen LogP contribution in [-0.2, 0) is 10.4 Å². The van der Waals surface area contributed by atoms with Crippen LogP contribution in [0.25, 0.3) is 0 Å². The second-order valence-electron chi connectivity index (χ2n) is 6.97. The topological polar surface area (TPSA) is 86.7 Å². The number of aliphatic hydroxyl groups is 1. The van der Waals surface area contributed by atoms with Gasteiger partial charge in [0.15, 0.2) is 0 Å². The summed E-state index contributed by atoms with van der Waals surface area (Å²) in [6.07, 6.45) is 0.420. The van der Waals surface area contributed by atoms with Crippen LogP contribution in [-0.4, -0.2) is 40.8 Å². The van der Waals surface area contributed by atoms with Gasteiger partial charge in [-0.1, -0.05) is 24.3 Å². The van der Waals surface area contributed by atoms with Crippen molar-refractivity contribution in [3.63, 3.8) is 0 Å². The molecule has 7 heteroatoms. The minimum Gasteiger partial charge on any atom is -0.384 e. The van der Waals surface area contributed by atoms with Crippen molar-refractivity contribution in [2.75, 3.05) is 13.1 Å². The van der Waals surface area contributed by atoms with Crippen molar-refractivity contribution in [1.29, 1.82) is 0 Å². The van der Waals surface area contributed by atoms with Crippen LogP contribution >= 0.6 is 0 Å². The maximum absolute atomic E-state index is 13.0. The van der Waals surface area contributed by atoms with E-state index in [4.69, 9.17) is 0 Å². The number of hydrogen-bond acceptors (Lipinski definition) is 4. The van der Waals surface area contributed by atoms with Crippen molar-refractivity contribution in [2.24, 2.45) is 0 Å². The molecule has 0 bridgehead atoms. The molecule has 28 heavy (non-hydrogen) atoms. The Hall–Kier alpha value is -3.06. The van der Waals surface area contributed by atoms with Crippen LogP contribution in [0, 0.1) is 5.82 Å². The third-order valence-electron chi connectivity index (χ3n) is 4.76. The molecule has 1 heterocycles. The van der Waals surface area contributed by atoms with Gasteiger partial charge in [0.05, 0.1) is 17.7 Å². The smallest absolute Gasteiger partial charge is 0.261 e. The second kappa shape index (κ2) is 7.90. The molecule has 3 amide bonds. The molecule has 1 aliphatic heterocycles. The highest BCUT2D eigenvalue weighted by Crippen LogP contribution is 2.23. The van der Waals surface area contributed by atoms with E-state index in [0.29, 0.717) is 23.1 Å². The van der Waals surface area contributed by atoms with Gasteiger partial charge >= 0.3 is 0 Å². The van der Waals surface area contributed by atoms with Crippen LogP contribution in [0.4, 0.5) is 4.39 Å². The van der Waals surface area contributed by atoms with Gasteiger partial charge in [-0.2, -0.15) is 0 Å². The summed E-state index contributed by atoms with van der Waals surface area (Å²) in [5.41, 5.74) is -0.0915. The van der Waals surface area contributed by atoms with Gasteiger partial charge in [-0.05, 0) is 43.2 Å². The van der Waals surface area contributed by atoms with Crippen molar-refractivity contribution in [2.45, 2.75) is 25.4 Å². The van der Waals surface area contributed by atoms with E-state index in [0.717, 1.165) is 4.90 Å². The predicted molar refractivity (Wildman–Crippen MR) is 100 cm³/mol. The molecule has 146 valence electrons. The lowest BCUT2D eigenvalue weighted by atomic mass is 9.96. The van der Waals surface area contributed by atoms with Gasteiger partial charge < -0.3 is 10.4 Å². The third kappa shape index (κ3) is 4.09. The highest BCUT2D eigenvalue weighted by molar-refractivity contribution is 6.21. The van der Waals surface area contributed by atoms with Gasteiger partial charge in [-0.15, -0.1) is 0 Å². The first-order valence-electron chi connectivity index (χ1n) is 9.00. The lowest BCUT2D eigenvalue weighted by Crippen LogP contribution is -2.39. The summed E-state index contributed by atoms with van der Waals surface area (Å²) in [6, 6.07) is 12.0. The number of halogens is 1. The summed E-state index contributed by atoms with van der Waals surface area (Å²) in [6.45, 7) is 1.64. The lowest BCUT2D eigenvalue weighted by Gasteiger charge is -2.24. The van der Waals surface area contributed by atoms with Gasteiger partial charge in [0.1, 0.15) is 11.4 Å². The maximum Gasteiger partial charge on any atom is 0.261 e. The van der Waals surface area contributed by atoms with Crippen LogP contribution in [0.2, 0.25) is 0 Å². The number of carbonyl (C=O) groups is 3. The SMILES string of the molecule is CC(O)(CNC(=O)CCCN1C(=O)c2ccccc2C1=O)c1ccc(F)cc1. The Labute approximate surface area is 162 Å². The van der Waals surface area contributed by atoms with E-state index in [1.165, 1.54) is 31.2 Å². The summed E-state index contributed by atoms with van der Waals surface area (Å²) in [5.74, 6) is -1.41. The first kappa shape index (κ1) is 19.7. The van der Waals surface area contributed by atoms with E-state index in [1.807, 2.05) is 0 Å². The van der Waals surface area contributed by atoms with Gasteiger partial charge in [0.25, 0.3) is 11.8 Å². The molecule has 2 N–H and O–H groups in total. The minimum atomic E-state index is -1.34. The summed E-state index contributed by atoms with van der Waals surface area (Å²) < 4.78 is 13.0. The zero-order valence-electron chi connectivity index (χ0n) is 15.4. The van der Waals surface area contributed by atoms with Crippen molar-refractivity contribution in [3.05, 3.63) is 71.0 Å². The Morgan fingerprint density at radius 2 is 1.64 bits per heavy atom. The number of nitrogens with one attached hydrogen (secondary N) is 1. The van der Waals surface area contributed by atoms with Gasteiger partial charge in [0.2, 0.25) is 5.91 Å². The quantitative estimate of drug-likeness (QED) is 0.717. The highest BCUT2D eigenvalue weighted by atomic mass is 19.1. The molecule has 1 atom stereocenters. The summed E-state index contributed by atoms with van der Waals surface area (Å²) in [4.78, 5) is 37.7. The first-order chi connectivity index (χ1) is 13.3. The zero-order valence-corrected chi connectivity index (χ0v) is 15.4. The van der Waals surface area contributed by atoms with Gasteiger partial charge in [-0.25, -0.2) is 4.39 Å². The molecule has 2 aromatic rings. The molecular formula is C21H21FN2O4. The molecule has 1 unspecified atom stereocenters. The second-order valence-corrected chi connectivity index (χ2v) is 6.97. The normalized spacial score (nSPS) is 15.3. The maximum atomic E-state index is 13.0. The fraction of sp³-hybridized carbons (Fsp3) is 0.286. The number of rotatable bonds is 7. The fourth-order valence-corrected chi connectivity index (χ4v) is 3.11. The van der Waals surface area contributed by atoms with E-state index < -0.39 is 11.4 Å². The molecule has 0 spiro atoms. The highest BCUT2D eigenvalue weighted by Gasteiger charge is 2.34. The molecule has 0 saturated heterocycles. The van der Waals surface area contributed by atoms with E-state index in [9.17, 15) is 23.9 Å². The number of nitrogens with zero attached hydrogens (tertiary/aromatic N) is 1. The number of carbonyl (C=O) groups excluding carboxylic acids is 3. The van der Waals surface area contributed by atoms with E-state index in [1.54, 1.807) is 24.3 Å². The number of hydrogen-bond donors (Lipinski definition) is 2. The van der Waals surface area contributed by atoms with E-state index >= 15 is 0 Å². The minimum absolute atomic E-state index is 0.0372. The number of benzene rings is 2. The molecular weight excluding hydrogens is 363 g/mol.